The van der Waals surface area contributed by atoms with Gasteiger partial charge < -0.3 is 15.9 Å². The van der Waals surface area contributed by atoms with Gasteiger partial charge in [0.1, 0.15) is 5.75 Å². The van der Waals surface area contributed by atoms with Crippen LogP contribution >= 0.6 is 11.8 Å². The Morgan fingerprint density at radius 1 is 1.16 bits per heavy atom. The number of ether oxygens (including phenoxy) is 1. The topological polar surface area (TPSA) is 95.1 Å². The van der Waals surface area contributed by atoms with E-state index in [1.807, 2.05) is 0 Å². The van der Waals surface area contributed by atoms with Gasteiger partial charge in [0.05, 0.1) is 10.8 Å². The van der Waals surface area contributed by atoms with Crippen LogP contribution in [0.5, 0.6) is 5.75 Å². The molecule has 1 heterocycles. The number of anilines is 1. The van der Waals surface area contributed by atoms with Crippen molar-refractivity contribution in [3.63, 3.8) is 0 Å². The van der Waals surface area contributed by atoms with E-state index in [0.29, 0.717) is 5.56 Å². The average Bonchev–Trinajstić information content (AvgIpc) is 3.08. The van der Waals surface area contributed by atoms with E-state index in [0.717, 1.165) is 28.6 Å². The highest BCUT2D eigenvalue weighted by molar-refractivity contribution is 8.00. The van der Waals surface area contributed by atoms with Crippen LogP contribution in [-0.4, -0.2) is 32.6 Å². The van der Waals surface area contributed by atoms with Gasteiger partial charge in [-0.3, -0.25) is 4.79 Å². The lowest BCUT2D eigenvalue weighted by Gasteiger charge is -2.13. The van der Waals surface area contributed by atoms with Crippen molar-refractivity contribution in [2.45, 2.75) is 30.1 Å². The van der Waals surface area contributed by atoms with Gasteiger partial charge in [-0.15, -0.1) is 10.2 Å². The summed E-state index contributed by atoms with van der Waals surface area (Å²) in [6.07, 6.45) is -4.53. The Kier molecular flexibility index (Phi) is 6.87. The number of nitrogen functional groups attached to an aromatic ring is 1. The van der Waals surface area contributed by atoms with Crippen LogP contribution in [0.4, 0.5) is 27.6 Å². The molecule has 0 saturated carbocycles. The van der Waals surface area contributed by atoms with Crippen molar-refractivity contribution in [2.24, 2.45) is 0 Å². The third-order valence-electron chi connectivity index (χ3n) is 4.11. The zero-order chi connectivity index (χ0) is 23.5. The lowest BCUT2D eigenvalue weighted by Crippen LogP contribution is -2.24. The molecule has 32 heavy (non-hydrogen) atoms. The molecule has 3 N–H and O–H groups in total. The lowest BCUT2D eigenvalue weighted by molar-refractivity contribution is -0.137. The van der Waals surface area contributed by atoms with Crippen molar-refractivity contribution < 1.29 is 31.5 Å². The van der Waals surface area contributed by atoms with E-state index >= 15 is 0 Å². The lowest BCUT2D eigenvalue weighted by atomic mass is 10.2. The third-order valence-corrected chi connectivity index (χ3v) is 5.17. The summed E-state index contributed by atoms with van der Waals surface area (Å²) in [5, 5.41) is 9.66. The molecule has 0 bridgehead atoms. The molecule has 0 spiro atoms. The molecule has 1 atom stereocenters. The van der Waals surface area contributed by atoms with Crippen LogP contribution in [0.2, 0.25) is 0 Å². The van der Waals surface area contributed by atoms with Gasteiger partial charge in [0.15, 0.2) is 5.82 Å². The minimum atomic E-state index is -4.53. The highest BCUT2D eigenvalue weighted by Gasteiger charge is 2.30. The predicted octanol–water partition coefficient (Wildman–Crippen LogP) is 4.40. The predicted molar refractivity (Wildman–Crippen MR) is 108 cm³/mol. The number of rotatable bonds is 7. The number of benzene rings is 2. The number of carbonyl (C=O) groups excluding carboxylic acids is 1. The maximum atomic E-state index is 12.8. The highest BCUT2D eigenvalue weighted by atomic mass is 32.2. The molecule has 2 aromatic carbocycles. The Bertz CT molecular complexity index is 1090. The molecular weight excluding hydrogens is 457 g/mol. The maximum absolute atomic E-state index is 12.8. The molecule has 0 aliphatic heterocycles. The fraction of sp³-hybridized carbons (Fsp3) is 0.211. The van der Waals surface area contributed by atoms with Crippen molar-refractivity contribution >= 4 is 23.4 Å². The second kappa shape index (κ2) is 9.42. The number of alkyl halides is 5. The smallest absolute Gasteiger partial charge is 0.416 e. The molecule has 170 valence electrons. The summed E-state index contributed by atoms with van der Waals surface area (Å²) in [5.74, 6) is 5.59. The second-order valence-corrected chi connectivity index (χ2v) is 7.71. The minimum absolute atomic E-state index is 0.00159. The number of hydrogen-bond donors (Lipinski definition) is 2. The van der Waals surface area contributed by atoms with Gasteiger partial charge in [0, 0.05) is 11.3 Å². The number of halogens is 5. The van der Waals surface area contributed by atoms with E-state index in [1.54, 1.807) is 0 Å². The first-order chi connectivity index (χ1) is 15.0. The number of nitrogens with two attached hydrogens (primary N) is 1. The summed E-state index contributed by atoms with van der Waals surface area (Å²) < 4.78 is 68.4. The molecule has 0 fully saturated rings. The highest BCUT2D eigenvalue weighted by Crippen LogP contribution is 2.31. The summed E-state index contributed by atoms with van der Waals surface area (Å²) in [5.41, 5.74) is -0.417. The number of hydrogen-bond acceptors (Lipinski definition) is 6. The van der Waals surface area contributed by atoms with Crippen molar-refractivity contribution in [3.05, 3.63) is 54.1 Å². The Balaban J connectivity index is 1.67. The van der Waals surface area contributed by atoms with Crippen LogP contribution in [0, 0.1) is 0 Å². The van der Waals surface area contributed by atoms with Crippen LogP contribution in [0.25, 0.3) is 11.4 Å². The summed E-state index contributed by atoms with van der Waals surface area (Å²) in [6.45, 7) is -1.43. The van der Waals surface area contributed by atoms with E-state index in [9.17, 15) is 26.7 Å². The van der Waals surface area contributed by atoms with Gasteiger partial charge >= 0.3 is 12.8 Å². The first-order valence-corrected chi connectivity index (χ1v) is 9.83. The van der Waals surface area contributed by atoms with Crippen molar-refractivity contribution in [3.8, 4) is 17.1 Å². The normalized spacial score (nSPS) is 12.6. The number of amides is 1. The van der Waals surface area contributed by atoms with Crippen molar-refractivity contribution in [1.82, 2.24) is 14.9 Å². The summed E-state index contributed by atoms with van der Waals surface area (Å²) in [6, 6.07) is 9.82. The van der Waals surface area contributed by atoms with Gasteiger partial charge in [-0.2, -0.15) is 22.0 Å². The fourth-order valence-electron chi connectivity index (χ4n) is 2.57. The molecule has 7 nitrogen and oxygen atoms in total. The molecule has 0 aliphatic rings. The monoisotopic (exact) mass is 473 g/mol. The maximum Gasteiger partial charge on any atom is 0.416 e. The first-order valence-electron chi connectivity index (χ1n) is 8.95. The second-order valence-electron chi connectivity index (χ2n) is 6.41. The van der Waals surface area contributed by atoms with Crippen LogP contribution in [0.15, 0.2) is 53.7 Å². The van der Waals surface area contributed by atoms with Crippen molar-refractivity contribution in [1.29, 1.82) is 0 Å². The number of nitrogens with zero attached hydrogens (tertiary/aromatic N) is 3. The van der Waals surface area contributed by atoms with Crippen LogP contribution in [-0.2, 0) is 11.0 Å². The molecule has 3 aromatic rings. The Hall–Kier alpha value is -3.35. The molecule has 0 radical (unpaired) electrons. The zero-order valence-electron chi connectivity index (χ0n) is 16.3. The molecule has 13 heteroatoms. The standard InChI is InChI=1S/C19H16F5N5O2S/c1-10(16(30)26-13-4-2-3-12(9-13)19(22,23)24)32-18-28-27-15(29(18)25)11-5-7-14(8-6-11)31-17(20)21/h2-10,17H,25H2,1H3,(H,26,30). The Labute approximate surface area is 182 Å². The summed E-state index contributed by atoms with van der Waals surface area (Å²) >= 11 is 0.941. The minimum Gasteiger partial charge on any atom is -0.435 e. The quantitative estimate of drug-likeness (QED) is 0.300. The van der Waals surface area contributed by atoms with E-state index in [1.165, 1.54) is 43.3 Å². The van der Waals surface area contributed by atoms with E-state index < -0.39 is 29.5 Å². The zero-order valence-corrected chi connectivity index (χ0v) is 17.1. The molecule has 3 rings (SSSR count). The van der Waals surface area contributed by atoms with E-state index in [4.69, 9.17) is 5.84 Å². The molecule has 1 unspecified atom stereocenters. The van der Waals surface area contributed by atoms with Gasteiger partial charge in [-0.25, -0.2) is 4.68 Å². The van der Waals surface area contributed by atoms with E-state index in [2.05, 4.69) is 20.3 Å². The summed E-state index contributed by atoms with van der Waals surface area (Å²) in [4.78, 5) is 12.4. The van der Waals surface area contributed by atoms with Gasteiger partial charge in [-0.05, 0) is 49.4 Å². The molecule has 0 saturated heterocycles. The average molecular weight is 473 g/mol. The number of nitrogens with one attached hydrogen (secondary N) is 1. The number of aromatic nitrogens is 3. The third kappa shape index (κ3) is 5.66. The first kappa shape index (κ1) is 23.3. The number of carbonyl (C=O) groups is 1. The fourth-order valence-corrected chi connectivity index (χ4v) is 3.34. The molecular formula is C19H16F5N5O2S. The van der Waals surface area contributed by atoms with Gasteiger partial charge in [0.25, 0.3) is 0 Å². The van der Waals surface area contributed by atoms with Crippen LogP contribution in [0.1, 0.15) is 12.5 Å². The molecule has 1 aromatic heterocycles. The molecule has 1 amide bonds. The summed E-state index contributed by atoms with van der Waals surface area (Å²) in [7, 11) is 0. The molecule has 0 aliphatic carbocycles. The SMILES string of the molecule is CC(Sc1nnc(-c2ccc(OC(F)F)cc2)n1N)C(=O)Nc1cccc(C(F)(F)F)c1. The van der Waals surface area contributed by atoms with Crippen molar-refractivity contribution in [2.75, 3.05) is 11.2 Å². The van der Waals surface area contributed by atoms with E-state index in [-0.39, 0.29) is 22.4 Å². The Morgan fingerprint density at radius 2 is 1.84 bits per heavy atom. The largest absolute Gasteiger partial charge is 0.435 e. The van der Waals surface area contributed by atoms with Crippen LogP contribution in [0.3, 0.4) is 0 Å². The van der Waals surface area contributed by atoms with Crippen LogP contribution < -0.4 is 15.9 Å². The van der Waals surface area contributed by atoms with Gasteiger partial charge in [-0.1, -0.05) is 17.8 Å². The van der Waals surface area contributed by atoms with Gasteiger partial charge in [0.2, 0.25) is 11.1 Å². The number of thioether (sulfide) groups is 1. The Morgan fingerprint density at radius 3 is 2.47 bits per heavy atom.